The Balaban J connectivity index is 2.41. The lowest BCUT2D eigenvalue weighted by Gasteiger charge is -2.00. The first-order valence-electron chi connectivity index (χ1n) is 4.86. The minimum absolute atomic E-state index is 0.157. The van der Waals surface area contributed by atoms with Crippen LogP contribution in [-0.2, 0) is 11.2 Å². The molecule has 0 saturated heterocycles. The third-order valence-electron chi connectivity index (χ3n) is 2.38. The van der Waals surface area contributed by atoms with E-state index in [4.69, 9.17) is 0 Å². The summed E-state index contributed by atoms with van der Waals surface area (Å²) in [6.45, 7) is 1.57. The van der Waals surface area contributed by atoms with Gasteiger partial charge in [0.1, 0.15) is 5.78 Å². The average Bonchev–Trinajstić information content (AvgIpc) is 2.55. The fourth-order valence-corrected chi connectivity index (χ4v) is 1.64. The van der Waals surface area contributed by atoms with Gasteiger partial charge < -0.3 is 14.8 Å². The largest absolute Gasteiger partial charge is 0.323 e. The number of benzene rings is 1. The van der Waals surface area contributed by atoms with Crippen molar-refractivity contribution in [3.63, 3.8) is 0 Å². The van der Waals surface area contributed by atoms with Gasteiger partial charge in [-0.3, -0.25) is 0 Å². The van der Waals surface area contributed by atoms with Crippen LogP contribution in [-0.4, -0.2) is 15.8 Å². The van der Waals surface area contributed by atoms with E-state index in [0.717, 1.165) is 16.6 Å². The first kappa shape index (κ1) is 9.71. The summed E-state index contributed by atoms with van der Waals surface area (Å²) in [7, 11) is 0. The lowest BCUT2D eigenvalue weighted by Crippen LogP contribution is -2.00. The van der Waals surface area contributed by atoms with Crippen molar-refractivity contribution < 1.29 is 4.79 Å². The molecule has 0 bridgehead atoms. The van der Waals surface area contributed by atoms with Gasteiger partial charge in [-0.25, -0.2) is 4.79 Å². The molecule has 0 aliphatic heterocycles. The van der Waals surface area contributed by atoms with Crippen LogP contribution in [0.5, 0.6) is 0 Å². The maximum absolute atomic E-state index is 11.1. The molecule has 0 aliphatic rings. The number of rotatable bonds is 3. The van der Waals surface area contributed by atoms with Gasteiger partial charge >= 0.3 is 5.69 Å². The van der Waals surface area contributed by atoms with E-state index in [0.29, 0.717) is 12.8 Å². The summed E-state index contributed by atoms with van der Waals surface area (Å²) in [4.78, 5) is 27.4. The number of carbonyl (C=O) groups is 1. The van der Waals surface area contributed by atoms with E-state index in [2.05, 4.69) is 9.97 Å². The molecule has 2 rings (SSSR count). The van der Waals surface area contributed by atoms with Gasteiger partial charge in [0.25, 0.3) is 0 Å². The summed E-state index contributed by atoms with van der Waals surface area (Å²) in [6, 6.07) is 5.64. The summed E-state index contributed by atoms with van der Waals surface area (Å²) >= 11 is 0. The molecule has 0 unspecified atom stereocenters. The van der Waals surface area contributed by atoms with Gasteiger partial charge in [-0.2, -0.15) is 0 Å². The number of aromatic nitrogens is 2. The van der Waals surface area contributed by atoms with Gasteiger partial charge in [0.15, 0.2) is 0 Å². The maximum Gasteiger partial charge on any atom is 0.323 e. The van der Waals surface area contributed by atoms with Crippen molar-refractivity contribution in [3.8, 4) is 0 Å². The van der Waals surface area contributed by atoms with Crippen LogP contribution in [0.1, 0.15) is 18.9 Å². The van der Waals surface area contributed by atoms with Crippen LogP contribution >= 0.6 is 0 Å². The lowest BCUT2D eigenvalue weighted by molar-refractivity contribution is -0.116. The fourth-order valence-electron chi connectivity index (χ4n) is 1.64. The second-order valence-corrected chi connectivity index (χ2v) is 3.62. The molecule has 0 amide bonds. The number of para-hydroxylation sites is 1. The Morgan fingerprint density at radius 1 is 1.33 bits per heavy atom. The predicted octanol–water partition coefficient (Wildman–Crippen LogP) is 1.38. The van der Waals surface area contributed by atoms with Gasteiger partial charge in [0.05, 0.1) is 11.0 Å². The zero-order valence-electron chi connectivity index (χ0n) is 8.46. The molecule has 78 valence electrons. The molecule has 0 fully saturated rings. The van der Waals surface area contributed by atoms with Crippen LogP contribution in [0.25, 0.3) is 11.0 Å². The number of Topliss-reactive ketones (excluding diaryl/α,β-unsaturated/α-hetero) is 1. The molecule has 4 heteroatoms. The molecule has 1 heterocycles. The zero-order valence-corrected chi connectivity index (χ0v) is 8.46. The van der Waals surface area contributed by atoms with E-state index in [-0.39, 0.29) is 11.5 Å². The summed E-state index contributed by atoms with van der Waals surface area (Å²) in [5.74, 6) is 0.157. The van der Waals surface area contributed by atoms with Crippen LogP contribution in [0.4, 0.5) is 0 Å². The number of fused-ring (bicyclic) bond motifs is 1. The van der Waals surface area contributed by atoms with Gasteiger partial charge in [-0.05, 0) is 25.0 Å². The topological polar surface area (TPSA) is 65.7 Å². The first-order valence-corrected chi connectivity index (χ1v) is 4.86. The van der Waals surface area contributed by atoms with Crippen molar-refractivity contribution in [2.24, 2.45) is 0 Å². The Hall–Kier alpha value is -1.84. The summed E-state index contributed by atoms with van der Waals surface area (Å²) < 4.78 is 0. The van der Waals surface area contributed by atoms with E-state index in [9.17, 15) is 9.59 Å². The Morgan fingerprint density at radius 3 is 2.87 bits per heavy atom. The van der Waals surface area contributed by atoms with Crippen LogP contribution in [0, 0.1) is 0 Å². The van der Waals surface area contributed by atoms with Crippen LogP contribution < -0.4 is 5.69 Å². The number of carbonyl (C=O) groups excluding carboxylic acids is 1. The number of H-pyrrole nitrogens is 2. The van der Waals surface area contributed by atoms with Crippen LogP contribution in [0.2, 0.25) is 0 Å². The zero-order chi connectivity index (χ0) is 10.8. The van der Waals surface area contributed by atoms with E-state index in [1.54, 1.807) is 6.92 Å². The van der Waals surface area contributed by atoms with Crippen molar-refractivity contribution in [2.75, 3.05) is 0 Å². The van der Waals surface area contributed by atoms with Crippen molar-refractivity contribution >= 4 is 16.8 Å². The first-order chi connectivity index (χ1) is 7.16. The van der Waals surface area contributed by atoms with Crippen molar-refractivity contribution in [3.05, 3.63) is 34.2 Å². The van der Waals surface area contributed by atoms with Crippen molar-refractivity contribution in [1.29, 1.82) is 0 Å². The molecule has 2 aromatic rings. The molecular weight excluding hydrogens is 192 g/mol. The third-order valence-corrected chi connectivity index (χ3v) is 2.38. The molecular formula is C11H12N2O2. The summed E-state index contributed by atoms with van der Waals surface area (Å²) in [6.07, 6.45) is 1.17. The van der Waals surface area contributed by atoms with Crippen molar-refractivity contribution in [1.82, 2.24) is 9.97 Å². The maximum atomic E-state index is 11.1. The minimum atomic E-state index is -0.208. The highest BCUT2D eigenvalue weighted by Crippen LogP contribution is 2.14. The highest BCUT2D eigenvalue weighted by Gasteiger charge is 2.04. The van der Waals surface area contributed by atoms with Crippen LogP contribution in [0.15, 0.2) is 23.0 Å². The Bertz CT molecular complexity index is 551. The second kappa shape index (κ2) is 3.73. The SMILES string of the molecule is CC(=O)CCc1cccc2[nH]c(=O)[nH]c12. The molecule has 0 aliphatic carbocycles. The van der Waals surface area contributed by atoms with Gasteiger partial charge in [0, 0.05) is 6.42 Å². The number of aromatic amines is 2. The number of ketones is 1. The summed E-state index contributed by atoms with van der Waals surface area (Å²) in [5, 5.41) is 0. The van der Waals surface area contributed by atoms with Gasteiger partial charge in [-0.15, -0.1) is 0 Å². The second-order valence-electron chi connectivity index (χ2n) is 3.62. The quantitative estimate of drug-likeness (QED) is 0.793. The molecule has 1 aromatic carbocycles. The molecule has 2 N–H and O–H groups in total. The Morgan fingerprint density at radius 2 is 2.13 bits per heavy atom. The van der Waals surface area contributed by atoms with Gasteiger partial charge in [0.2, 0.25) is 0 Å². The van der Waals surface area contributed by atoms with E-state index >= 15 is 0 Å². The number of aryl methyl sites for hydroxylation is 1. The molecule has 0 atom stereocenters. The monoisotopic (exact) mass is 204 g/mol. The number of nitrogens with one attached hydrogen (secondary N) is 2. The van der Waals surface area contributed by atoms with Gasteiger partial charge in [-0.1, -0.05) is 12.1 Å². The molecule has 0 saturated carbocycles. The Kier molecular flexibility index (Phi) is 2.41. The standard InChI is InChI=1S/C11H12N2O2/c1-7(14)5-6-8-3-2-4-9-10(8)13-11(15)12-9/h2-4H,5-6H2,1H3,(H2,12,13,15). The minimum Gasteiger partial charge on any atom is -0.306 e. The molecule has 4 nitrogen and oxygen atoms in total. The highest BCUT2D eigenvalue weighted by molar-refractivity contribution is 5.80. The lowest BCUT2D eigenvalue weighted by atomic mass is 10.1. The average molecular weight is 204 g/mol. The normalized spacial score (nSPS) is 10.7. The van der Waals surface area contributed by atoms with E-state index in [1.165, 1.54) is 0 Å². The smallest absolute Gasteiger partial charge is 0.306 e. The van der Waals surface area contributed by atoms with E-state index < -0.39 is 0 Å². The molecule has 1 aromatic heterocycles. The van der Waals surface area contributed by atoms with E-state index in [1.807, 2.05) is 18.2 Å². The third kappa shape index (κ3) is 1.98. The molecule has 0 spiro atoms. The molecule has 0 radical (unpaired) electrons. The van der Waals surface area contributed by atoms with Crippen LogP contribution in [0.3, 0.4) is 0 Å². The summed E-state index contributed by atoms with van der Waals surface area (Å²) in [5.41, 5.74) is 2.39. The number of hydrogen-bond acceptors (Lipinski definition) is 2. The number of hydrogen-bond donors (Lipinski definition) is 2. The molecule has 15 heavy (non-hydrogen) atoms. The fraction of sp³-hybridized carbons (Fsp3) is 0.273. The predicted molar refractivity (Wildman–Crippen MR) is 57.9 cm³/mol. The number of imidazole rings is 1. The Labute approximate surface area is 86.3 Å². The van der Waals surface area contributed by atoms with Crippen molar-refractivity contribution in [2.45, 2.75) is 19.8 Å². The highest BCUT2D eigenvalue weighted by atomic mass is 16.1.